The Hall–Kier alpha value is -1.98. The van der Waals surface area contributed by atoms with Crippen LogP contribution in [0.3, 0.4) is 0 Å². The molecule has 1 N–H and O–H groups in total. The normalized spacial score (nSPS) is 11.2. The number of aromatic nitrogens is 1. The van der Waals surface area contributed by atoms with E-state index in [1.165, 1.54) is 11.3 Å². The summed E-state index contributed by atoms with van der Waals surface area (Å²) >= 11 is 3.15. The Morgan fingerprint density at radius 2 is 1.95 bits per heavy atom. The quantitative estimate of drug-likeness (QED) is 0.728. The molecule has 0 saturated heterocycles. The zero-order valence-corrected chi connectivity index (χ0v) is 11.5. The van der Waals surface area contributed by atoms with Crippen molar-refractivity contribution in [2.24, 2.45) is 4.99 Å². The highest BCUT2D eigenvalue weighted by Crippen LogP contribution is 2.27. The van der Waals surface area contributed by atoms with Gasteiger partial charge in [0.05, 0.1) is 5.69 Å². The van der Waals surface area contributed by atoms with Crippen LogP contribution in [0.4, 0.5) is 5.13 Å². The van der Waals surface area contributed by atoms with E-state index in [0.29, 0.717) is 0 Å². The second kappa shape index (κ2) is 5.34. The van der Waals surface area contributed by atoms with Gasteiger partial charge in [0, 0.05) is 22.0 Å². The van der Waals surface area contributed by atoms with Gasteiger partial charge in [-0.15, -0.1) is 22.7 Å². The van der Waals surface area contributed by atoms with Gasteiger partial charge >= 0.3 is 0 Å². The predicted molar refractivity (Wildman–Crippen MR) is 80.8 cm³/mol. The molecule has 1 aromatic carbocycles. The summed E-state index contributed by atoms with van der Waals surface area (Å²) in [5, 5.41) is 14.0. The standard InChI is InChI=1S/C14H10N2OS2/c17-11-5-3-10(4-6-11)13-9-19-14(16-13)15-8-12-2-1-7-18-12/h1-9,17H/b15-8+. The van der Waals surface area contributed by atoms with Gasteiger partial charge in [-0.3, -0.25) is 0 Å². The molecular formula is C14H10N2OS2. The van der Waals surface area contributed by atoms with E-state index >= 15 is 0 Å². The van der Waals surface area contributed by atoms with Crippen LogP contribution in [0, 0.1) is 0 Å². The molecule has 0 bridgehead atoms. The van der Waals surface area contributed by atoms with E-state index in [1.54, 1.807) is 23.5 Å². The van der Waals surface area contributed by atoms with Gasteiger partial charge in [-0.1, -0.05) is 6.07 Å². The zero-order chi connectivity index (χ0) is 13.1. The number of benzene rings is 1. The SMILES string of the molecule is Oc1ccc(-c2csc(/N=C/c3cccs3)n2)cc1. The van der Waals surface area contributed by atoms with Crippen LogP contribution < -0.4 is 0 Å². The van der Waals surface area contributed by atoms with Crippen molar-refractivity contribution in [1.82, 2.24) is 4.98 Å². The summed E-state index contributed by atoms with van der Waals surface area (Å²) in [4.78, 5) is 9.92. The van der Waals surface area contributed by atoms with Gasteiger partial charge in [-0.05, 0) is 35.7 Å². The van der Waals surface area contributed by atoms with E-state index in [0.717, 1.165) is 21.3 Å². The van der Waals surface area contributed by atoms with Crippen molar-refractivity contribution in [3.05, 3.63) is 52.0 Å². The summed E-state index contributed by atoms with van der Waals surface area (Å²) < 4.78 is 0. The number of phenols is 1. The third kappa shape index (κ3) is 2.89. The second-order valence-corrected chi connectivity index (χ2v) is 5.65. The first-order valence-electron chi connectivity index (χ1n) is 5.64. The van der Waals surface area contributed by atoms with E-state index in [9.17, 15) is 5.11 Å². The molecule has 0 aliphatic carbocycles. The van der Waals surface area contributed by atoms with Crippen molar-refractivity contribution in [2.75, 3.05) is 0 Å². The Bertz CT molecular complexity index is 685. The smallest absolute Gasteiger partial charge is 0.209 e. The topological polar surface area (TPSA) is 45.5 Å². The van der Waals surface area contributed by atoms with Crippen LogP contribution in [0.25, 0.3) is 11.3 Å². The molecule has 0 amide bonds. The van der Waals surface area contributed by atoms with Gasteiger partial charge in [0.15, 0.2) is 0 Å². The Kier molecular flexibility index (Phi) is 3.39. The number of aliphatic imine (C=N–C) groups is 1. The minimum absolute atomic E-state index is 0.259. The fraction of sp³-hybridized carbons (Fsp3) is 0. The summed E-state index contributed by atoms with van der Waals surface area (Å²) in [7, 11) is 0. The summed E-state index contributed by atoms with van der Waals surface area (Å²) in [5.41, 5.74) is 1.86. The Morgan fingerprint density at radius 3 is 2.68 bits per heavy atom. The summed E-state index contributed by atoms with van der Waals surface area (Å²) in [6, 6.07) is 11.0. The maximum Gasteiger partial charge on any atom is 0.209 e. The maximum atomic E-state index is 9.26. The predicted octanol–water partition coefficient (Wildman–Crippen LogP) is 4.33. The van der Waals surface area contributed by atoms with E-state index < -0.39 is 0 Å². The van der Waals surface area contributed by atoms with E-state index in [1.807, 2.05) is 41.2 Å². The highest BCUT2D eigenvalue weighted by Gasteiger charge is 2.03. The van der Waals surface area contributed by atoms with E-state index in [4.69, 9.17) is 0 Å². The molecule has 94 valence electrons. The Balaban J connectivity index is 1.81. The van der Waals surface area contributed by atoms with Gasteiger partial charge in [-0.2, -0.15) is 0 Å². The van der Waals surface area contributed by atoms with Gasteiger partial charge in [0.2, 0.25) is 5.13 Å². The van der Waals surface area contributed by atoms with Crippen LogP contribution >= 0.6 is 22.7 Å². The first kappa shape index (κ1) is 12.1. The molecule has 2 aromatic heterocycles. The van der Waals surface area contributed by atoms with Crippen LogP contribution in [0.15, 0.2) is 52.2 Å². The first-order valence-corrected chi connectivity index (χ1v) is 7.40. The first-order chi connectivity index (χ1) is 9.31. The average Bonchev–Trinajstić information content (AvgIpc) is 3.09. The summed E-state index contributed by atoms with van der Waals surface area (Å²) in [6.07, 6.45) is 1.82. The van der Waals surface area contributed by atoms with Gasteiger partial charge in [-0.25, -0.2) is 9.98 Å². The van der Waals surface area contributed by atoms with Gasteiger partial charge in [0.1, 0.15) is 5.75 Å². The highest BCUT2D eigenvalue weighted by molar-refractivity contribution is 7.14. The number of phenolic OH excluding ortho intramolecular Hbond substituents is 1. The lowest BCUT2D eigenvalue weighted by Crippen LogP contribution is -1.76. The molecule has 5 heteroatoms. The van der Waals surface area contributed by atoms with Gasteiger partial charge < -0.3 is 5.11 Å². The van der Waals surface area contributed by atoms with E-state index in [-0.39, 0.29) is 5.75 Å². The lowest BCUT2D eigenvalue weighted by atomic mass is 10.2. The van der Waals surface area contributed by atoms with Crippen LogP contribution in [0.5, 0.6) is 5.75 Å². The molecule has 0 fully saturated rings. The highest BCUT2D eigenvalue weighted by atomic mass is 32.1. The number of thiophene rings is 1. The van der Waals surface area contributed by atoms with E-state index in [2.05, 4.69) is 9.98 Å². The largest absolute Gasteiger partial charge is 0.508 e. The lowest BCUT2D eigenvalue weighted by Gasteiger charge is -1.95. The second-order valence-electron chi connectivity index (χ2n) is 3.84. The van der Waals surface area contributed by atoms with Crippen molar-refractivity contribution in [1.29, 1.82) is 0 Å². The third-order valence-corrected chi connectivity index (χ3v) is 4.06. The molecule has 3 aromatic rings. The monoisotopic (exact) mass is 286 g/mol. The zero-order valence-electron chi connectivity index (χ0n) is 9.85. The average molecular weight is 286 g/mol. The molecule has 0 aliphatic heterocycles. The van der Waals surface area contributed by atoms with Crippen molar-refractivity contribution in [3.8, 4) is 17.0 Å². The number of hydrogen-bond acceptors (Lipinski definition) is 5. The Morgan fingerprint density at radius 1 is 1.11 bits per heavy atom. The molecule has 0 atom stereocenters. The molecule has 0 unspecified atom stereocenters. The summed E-state index contributed by atoms with van der Waals surface area (Å²) in [6.45, 7) is 0. The number of hydrogen-bond donors (Lipinski definition) is 1. The van der Waals surface area contributed by atoms with Crippen molar-refractivity contribution in [3.63, 3.8) is 0 Å². The van der Waals surface area contributed by atoms with Crippen LogP contribution in [-0.4, -0.2) is 16.3 Å². The number of thiazole rings is 1. The molecule has 19 heavy (non-hydrogen) atoms. The molecule has 3 nitrogen and oxygen atoms in total. The lowest BCUT2D eigenvalue weighted by molar-refractivity contribution is 0.475. The maximum absolute atomic E-state index is 9.26. The van der Waals surface area contributed by atoms with Gasteiger partial charge in [0.25, 0.3) is 0 Å². The number of nitrogens with zero attached hydrogens (tertiary/aromatic N) is 2. The fourth-order valence-corrected chi connectivity index (χ4v) is 2.83. The van der Waals surface area contributed by atoms with Crippen LogP contribution in [-0.2, 0) is 0 Å². The summed E-state index contributed by atoms with van der Waals surface area (Å²) in [5.74, 6) is 0.259. The molecule has 0 aliphatic rings. The van der Waals surface area contributed by atoms with Crippen LogP contribution in [0.1, 0.15) is 4.88 Å². The minimum Gasteiger partial charge on any atom is -0.508 e. The minimum atomic E-state index is 0.259. The molecule has 2 heterocycles. The van der Waals surface area contributed by atoms with Crippen molar-refractivity contribution in [2.45, 2.75) is 0 Å². The fourth-order valence-electron chi connectivity index (χ4n) is 1.57. The molecule has 0 radical (unpaired) electrons. The van der Waals surface area contributed by atoms with Crippen molar-refractivity contribution < 1.29 is 5.11 Å². The number of aromatic hydroxyl groups is 1. The number of rotatable bonds is 3. The molecule has 3 rings (SSSR count). The molecule has 0 spiro atoms. The van der Waals surface area contributed by atoms with Crippen molar-refractivity contribution >= 4 is 34.0 Å². The molecule has 0 saturated carbocycles. The van der Waals surface area contributed by atoms with Crippen LogP contribution in [0.2, 0.25) is 0 Å². The Labute approximate surface area is 118 Å². The third-order valence-electron chi connectivity index (χ3n) is 2.50. The molecular weight excluding hydrogens is 276 g/mol.